The van der Waals surface area contributed by atoms with Gasteiger partial charge in [-0.15, -0.1) is 6.58 Å². The van der Waals surface area contributed by atoms with E-state index in [-0.39, 0.29) is 11.6 Å². The normalized spacial score (nSPS) is 11.8. The molecule has 16 heavy (non-hydrogen) atoms. The van der Waals surface area contributed by atoms with E-state index in [2.05, 4.69) is 17.0 Å². The van der Waals surface area contributed by atoms with E-state index in [9.17, 15) is 9.59 Å². The lowest BCUT2D eigenvalue weighted by Crippen LogP contribution is -2.31. The first kappa shape index (κ1) is 12.0. The van der Waals surface area contributed by atoms with E-state index >= 15 is 0 Å². The molecular formula is C10H13N3O3. The summed E-state index contributed by atoms with van der Waals surface area (Å²) < 4.78 is 1.31. The number of aromatic carboxylic acids is 1. The summed E-state index contributed by atoms with van der Waals surface area (Å²) in [5.41, 5.74) is -0.0802. The molecule has 1 unspecified atom stereocenters. The zero-order valence-corrected chi connectivity index (χ0v) is 8.88. The van der Waals surface area contributed by atoms with Crippen molar-refractivity contribution in [2.75, 3.05) is 6.54 Å². The van der Waals surface area contributed by atoms with E-state index in [0.29, 0.717) is 6.54 Å². The summed E-state index contributed by atoms with van der Waals surface area (Å²) in [7, 11) is 0. The molecule has 0 aliphatic carbocycles. The van der Waals surface area contributed by atoms with Crippen LogP contribution in [0.1, 0.15) is 23.5 Å². The number of carboxylic acids is 1. The predicted octanol–water partition coefficient (Wildman–Crippen LogP) is 0.444. The lowest BCUT2D eigenvalue weighted by Gasteiger charge is -2.11. The molecule has 0 saturated carbocycles. The number of amides is 1. The second-order valence-electron chi connectivity index (χ2n) is 3.20. The summed E-state index contributed by atoms with van der Waals surface area (Å²) in [6.07, 6.45) is 3.03. The molecule has 0 aliphatic heterocycles. The van der Waals surface area contributed by atoms with Gasteiger partial charge in [0, 0.05) is 12.7 Å². The van der Waals surface area contributed by atoms with Crippen molar-refractivity contribution in [2.45, 2.75) is 13.0 Å². The zero-order valence-electron chi connectivity index (χ0n) is 8.88. The van der Waals surface area contributed by atoms with Crippen LogP contribution in [0.25, 0.3) is 0 Å². The second kappa shape index (κ2) is 5.11. The highest BCUT2D eigenvalue weighted by atomic mass is 16.4. The Labute approximate surface area is 92.6 Å². The van der Waals surface area contributed by atoms with Crippen LogP contribution >= 0.6 is 0 Å². The van der Waals surface area contributed by atoms with Crippen molar-refractivity contribution in [3.05, 3.63) is 30.6 Å². The van der Waals surface area contributed by atoms with Crippen LogP contribution in [0.5, 0.6) is 0 Å². The largest absolute Gasteiger partial charge is 0.476 e. The van der Waals surface area contributed by atoms with Gasteiger partial charge in [0.05, 0.1) is 0 Å². The van der Waals surface area contributed by atoms with Crippen LogP contribution < -0.4 is 5.32 Å². The number of hydrogen-bond acceptors (Lipinski definition) is 3. The third kappa shape index (κ3) is 2.69. The molecule has 1 heterocycles. The Morgan fingerprint density at radius 1 is 1.75 bits per heavy atom. The summed E-state index contributed by atoms with van der Waals surface area (Å²) >= 11 is 0. The zero-order chi connectivity index (χ0) is 12.1. The van der Waals surface area contributed by atoms with Crippen molar-refractivity contribution < 1.29 is 14.7 Å². The molecule has 6 heteroatoms. The number of aromatic nitrogens is 2. The van der Waals surface area contributed by atoms with Gasteiger partial charge in [0.2, 0.25) is 5.91 Å². The number of rotatable bonds is 5. The molecule has 0 saturated heterocycles. The molecule has 6 nitrogen and oxygen atoms in total. The molecule has 0 fully saturated rings. The monoisotopic (exact) mass is 223 g/mol. The molecule has 86 valence electrons. The Morgan fingerprint density at radius 2 is 2.44 bits per heavy atom. The summed E-state index contributed by atoms with van der Waals surface area (Å²) in [5.74, 6) is -1.35. The Kier molecular flexibility index (Phi) is 3.82. The fraction of sp³-hybridized carbons (Fsp3) is 0.300. The maximum Gasteiger partial charge on any atom is 0.356 e. The van der Waals surface area contributed by atoms with Crippen LogP contribution in [0.3, 0.4) is 0 Å². The average molecular weight is 223 g/mol. The number of nitrogens with zero attached hydrogens (tertiary/aromatic N) is 2. The third-order valence-corrected chi connectivity index (χ3v) is 2.02. The van der Waals surface area contributed by atoms with Crippen molar-refractivity contribution in [1.82, 2.24) is 15.1 Å². The van der Waals surface area contributed by atoms with Crippen LogP contribution in [0, 0.1) is 0 Å². The Bertz CT molecular complexity index is 411. The van der Waals surface area contributed by atoms with Gasteiger partial charge in [0.25, 0.3) is 0 Å². The van der Waals surface area contributed by atoms with Crippen LogP contribution in [-0.4, -0.2) is 33.3 Å². The SMILES string of the molecule is C=CCNC(=O)C(C)n1ccc(C(=O)O)n1. The van der Waals surface area contributed by atoms with Gasteiger partial charge in [-0.3, -0.25) is 9.48 Å². The van der Waals surface area contributed by atoms with E-state index in [1.165, 1.54) is 16.9 Å². The van der Waals surface area contributed by atoms with Crippen molar-refractivity contribution in [3.63, 3.8) is 0 Å². The second-order valence-corrected chi connectivity index (χ2v) is 3.20. The molecular weight excluding hydrogens is 210 g/mol. The van der Waals surface area contributed by atoms with Crippen LogP contribution in [0.4, 0.5) is 0 Å². The smallest absolute Gasteiger partial charge is 0.356 e. The number of nitrogens with one attached hydrogen (secondary N) is 1. The minimum Gasteiger partial charge on any atom is -0.476 e. The number of hydrogen-bond donors (Lipinski definition) is 2. The highest BCUT2D eigenvalue weighted by Gasteiger charge is 2.16. The minimum atomic E-state index is -1.11. The molecule has 1 rings (SSSR count). The fourth-order valence-electron chi connectivity index (χ4n) is 1.11. The van der Waals surface area contributed by atoms with Crippen molar-refractivity contribution in [2.24, 2.45) is 0 Å². The molecule has 0 aromatic carbocycles. The summed E-state index contributed by atoms with van der Waals surface area (Å²) in [6, 6.07) is 0.799. The number of carbonyl (C=O) groups is 2. The van der Waals surface area contributed by atoms with Crippen LogP contribution in [-0.2, 0) is 4.79 Å². The van der Waals surface area contributed by atoms with Gasteiger partial charge in [-0.25, -0.2) is 4.79 Å². The maximum atomic E-state index is 11.5. The lowest BCUT2D eigenvalue weighted by atomic mass is 10.3. The molecule has 0 aliphatic rings. The quantitative estimate of drug-likeness (QED) is 0.709. The van der Waals surface area contributed by atoms with Gasteiger partial charge >= 0.3 is 5.97 Å². The van der Waals surface area contributed by atoms with Gasteiger partial charge < -0.3 is 10.4 Å². The van der Waals surface area contributed by atoms with Crippen molar-refractivity contribution in [1.29, 1.82) is 0 Å². The first-order chi connectivity index (χ1) is 7.56. The van der Waals surface area contributed by atoms with E-state index < -0.39 is 12.0 Å². The van der Waals surface area contributed by atoms with Gasteiger partial charge in [0.1, 0.15) is 6.04 Å². The van der Waals surface area contributed by atoms with Crippen molar-refractivity contribution >= 4 is 11.9 Å². The topological polar surface area (TPSA) is 84.2 Å². The molecule has 1 atom stereocenters. The van der Waals surface area contributed by atoms with Gasteiger partial charge in [-0.1, -0.05) is 6.08 Å². The van der Waals surface area contributed by atoms with E-state index in [4.69, 9.17) is 5.11 Å². The number of carboxylic acid groups (broad SMARTS) is 1. The molecule has 1 amide bonds. The van der Waals surface area contributed by atoms with Crippen LogP contribution in [0.2, 0.25) is 0 Å². The molecule has 2 N–H and O–H groups in total. The predicted molar refractivity (Wildman–Crippen MR) is 57.1 cm³/mol. The Morgan fingerprint density at radius 3 is 2.94 bits per heavy atom. The molecule has 0 bridgehead atoms. The summed E-state index contributed by atoms with van der Waals surface area (Å²) in [4.78, 5) is 22.1. The molecule has 1 aromatic rings. The van der Waals surface area contributed by atoms with Gasteiger partial charge in [-0.2, -0.15) is 5.10 Å². The first-order valence-electron chi connectivity index (χ1n) is 4.73. The maximum absolute atomic E-state index is 11.5. The minimum absolute atomic E-state index is 0.0802. The molecule has 0 spiro atoms. The highest BCUT2D eigenvalue weighted by Crippen LogP contribution is 2.05. The number of carbonyl (C=O) groups excluding carboxylic acids is 1. The third-order valence-electron chi connectivity index (χ3n) is 2.02. The standard InChI is InChI=1S/C10H13N3O3/c1-3-5-11-9(14)7(2)13-6-4-8(12-13)10(15)16/h3-4,6-7H,1,5H2,2H3,(H,11,14)(H,15,16). The highest BCUT2D eigenvalue weighted by molar-refractivity contribution is 5.85. The Balaban J connectivity index is 2.71. The van der Waals surface area contributed by atoms with E-state index in [1.54, 1.807) is 13.0 Å². The molecule has 0 radical (unpaired) electrons. The van der Waals surface area contributed by atoms with Gasteiger partial charge in [-0.05, 0) is 13.0 Å². The summed E-state index contributed by atoms with van der Waals surface area (Å²) in [6.45, 7) is 5.48. The average Bonchev–Trinajstić information content (AvgIpc) is 2.74. The van der Waals surface area contributed by atoms with Crippen LogP contribution in [0.15, 0.2) is 24.9 Å². The first-order valence-corrected chi connectivity index (χ1v) is 4.73. The Hall–Kier alpha value is -2.11. The molecule has 1 aromatic heterocycles. The van der Waals surface area contributed by atoms with Gasteiger partial charge in [0.15, 0.2) is 5.69 Å². The van der Waals surface area contributed by atoms with E-state index in [1.807, 2.05) is 0 Å². The lowest BCUT2D eigenvalue weighted by molar-refractivity contribution is -0.123. The van der Waals surface area contributed by atoms with Crippen molar-refractivity contribution in [3.8, 4) is 0 Å². The summed E-state index contributed by atoms with van der Waals surface area (Å²) in [5, 5.41) is 15.0. The van der Waals surface area contributed by atoms with E-state index in [0.717, 1.165) is 0 Å². The fourth-order valence-corrected chi connectivity index (χ4v) is 1.11.